The van der Waals surface area contributed by atoms with E-state index in [1.165, 1.54) is 66.7 Å². The standard InChI is InChI=1S/C42H77N3O12/c1-42(2,3)36(46)33-56-31-29-55-28-26-44(5)39(49)34-57-32-30-54-27-25-43(4)37(47)24-23-35(41(52)53)45(6)38(48)21-19-17-15-13-11-9-7-8-10-12-14-16-18-20-22-40(50)51/h35H,7-34H2,1-6H3,(H,50,51)(H,52,53). The topological polar surface area (TPSA) is 190 Å². The van der Waals surface area contributed by atoms with Gasteiger partial charge in [-0.15, -0.1) is 0 Å². The molecule has 57 heavy (non-hydrogen) atoms. The Labute approximate surface area is 342 Å². The first-order chi connectivity index (χ1) is 27.1. The number of ether oxygens (including phenoxy) is 4. The molecule has 0 aliphatic carbocycles. The summed E-state index contributed by atoms with van der Waals surface area (Å²) in [6.45, 7) is 7.75. The third-order valence-electron chi connectivity index (χ3n) is 9.84. The van der Waals surface area contributed by atoms with Crippen LogP contribution in [0.2, 0.25) is 0 Å². The largest absolute Gasteiger partial charge is 0.481 e. The minimum absolute atomic E-state index is 0.0182. The fraction of sp³-hybridized carbons (Fsp3) is 0.857. The van der Waals surface area contributed by atoms with Crippen molar-refractivity contribution in [2.75, 3.05) is 87.1 Å². The van der Waals surface area contributed by atoms with Crippen LogP contribution in [0.25, 0.3) is 0 Å². The van der Waals surface area contributed by atoms with Gasteiger partial charge in [0.15, 0.2) is 5.78 Å². The predicted molar refractivity (Wildman–Crippen MR) is 218 cm³/mol. The maximum atomic E-state index is 12.7. The molecule has 0 aromatic heterocycles. The summed E-state index contributed by atoms with van der Waals surface area (Å²) in [5, 5.41) is 18.4. The summed E-state index contributed by atoms with van der Waals surface area (Å²) < 4.78 is 21.7. The normalized spacial score (nSPS) is 12.0. The van der Waals surface area contributed by atoms with Crippen LogP contribution >= 0.6 is 0 Å². The van der Waals surface area contributed by atoms with Crippen molar-refractivity contribution in [1.82, 2.24) is 14.7 Å². The third kappa shape index (κ3) is 30.6. The van der Waals surface area contributed by atoms with Crippen LogP contribution < -0.4 is 0 Å². The number of likely N-dealkylation sites (N-methyl/N-ethyl adjacent to an activating group) is 3. The summed E-state index contributed by atoms with van der Waals surface area (Å²) in [6, 6.07) is -1.08. The van der Waals surface area contributed by atoms with Gasteiger partial charge in [-0.2, -0.15) is 0 Å². The molecule has 1 atom stereocenters. The first-order valence-corrected chi connectivity index (χ1v) is 21.1. The average Bonchev–Trinajstić information content (AvgIpc) is 3.15. The number of carbonyl (C=O) groups excluding carboxylic acids is 4. The van der Waals surface area contributed by atoms with Gasteiger partial charge < -0.3 is 43.9 Å². The molecule has 2 N–H and O–H groups in total. The van der Waals surface area contributed by atoms with E-state index in [-0.39, 0.29) is 82.2 Å². The minimum Gasteiger partial charge on any atom is -0.481 e. The zero-order chi connectivity index (χ0) is 42.9. The number of carboxylic acids is 2. The van der Waals surface area contributed by atoms with E-state index in [1.54, 1.807) is 14.1 Å². The van der Waals surface area contributed by atoms with E-state index >= 15 is 0 Å². The van der Waals surface area contributed by atoms with Gasteiger partial charge in [-0.05, 0) is 19.3 Å². The number of amides is 3. The quantitative estimate of drug-likeness (QED) is 0.0735. The number of unbranched alkanes of at least 4 members (excludes halogenated alkanes) is 13. The van der Waals surface area contributed by atoms with Crippen molar-refractivity contribution in [3.8, 4) is 0 Å². The minimum atomic E-state index is -1.13. The summed E-state index contributed by atoms with van der Waals surface area (Å²) in [5.41, 5.74) is -0.437. The van der Waals surface area contributed by atoms with E-state index in [9.17, 15) is 33.9 Å². The van der Waals surface area contributed by atoms with Gasteiger partial charge >= 0.3 is 11.9 Å². The molecule has 0 bridgehead atoms. The lowest BCUT2D eigenvalue weighted by Crippen LogP contribution is -2.43. The molecule has 3 amide bonds. The van der Waals surface area contributed by atoms with E-state index in [4.69, 9.17) is 24.1 Å². The fourth-order valence-electron chi connectivity index (χ4n) is 5.70. The zero-order valence-corrected chi connectivity index (χ0v) is 36.2. The second-order valence-electron chi connectivity index (χ2n) is 15.9. The molecule has 0 aromatic carbocycles. The monoisotopic (exact) mass is 816 g/mol. The molecular weight excluding hydrogens is 738 g/mol. The van der Waals surface area contributed by atoms with E-state index in [1.807, 2.05) is 20.8 Å². The van der Waals surface area contributed by atoms with Crippen molar-refractivity contribution in [2.45, 2.75) is 142 Å². The van der Waals surface area contributed by atoms with Gasteiger partial charge in [0.25, 0.3) is 0 Å². The Bertz CT molecular complexity index is 1130. The third-order valence-corrected chi connectivity index (χ3v) is 9.84. The summed E-state index contributed by atoms with van der Waals surface area (Å²) in [5.74, 6) is -2.50. The van der Waals surface area contributed by atoms with Crippen LogP contribution in [0.3, 0.4) is 0 Å². The number of Topliss-reactive ketones (excluding diaryl/α,β-unsaturated/α-hetero) is 1. The summed E-state index contributed by atoms with van der Waals surface area (Å²) in [6.07, 6.45) is 15.7. The smallest absolute Gasteiger partial charge is 0.326 e. The molecule has 0 aliphatic heterocycles. The molecule has 0 fully saturated rings. The highest BCUT2D eigenvalue weighted by atomic mass is 16.5. The van der Waals surface area contributed by atoms with Crippen LogP contribution in [0, 0.1) is 5.41 Å². The Morgan fingerprint density at radius 1 is 0.491 bits per heavy atom. The van der Waals surface area contributed by atoms with Gasteiger partial charge in [-0.1, -0.05) is 97.8 Å². The zero-order valence-electron chi connectivity index (χ0n) is 36.2. The highest BCUT2D eigenvalue weighted by Crippen LogP contribution is 2.16. The molecule has 0 radical (unpaired) electrons. The van der Waals surface area contributed by atoms with Crippen LogP contribution in [0.1, 0.15) is 136 Å². The van der Waals surface area contributed by atoms with Crippen LogP contribution in [-0.4, -0.2) is 153 Å². The average molecular weight is 816 g/mol. The van der Waals surface area contributed by atoms with Gasteiger partial charge in [0, 0.05) is 58.9 Å². The number of ketones is 1. The number of rotatable bonds is 38. The van der Waals surface area contributed by atoms with Crippen molar-refractivity contribution >= 4 is 35.4 Å². The SMILES string of the molecule is CN(CCOCCOCC(=O)N(C)CCOCCOCC(=O)C(C)(C)C)C(=O)CCC(C(=O)O)N(C)C(=O)CCCCCCCCCCCCCCCCC(=O)O. The lowest BCUT2D eigenvalue weighted by molar-refractivity contribution is -0.149. The summed E-state index contributed by atoms with van der Waals surface area (Å²) in [4.78, 5) is 76.2. The van der Waals surface area contributed by atoms with E-state index in [2.05, 4.69) is 0 Å². The summed E-state index contributed by atoms with van der Waals surface area (Å²) >= 11 is 0. The fourth-order valence-corrected chi connectivity index (χ4v) is 5.70. The van der Waals surface area contributed by atoms with Crippen molar-refractivity contribution < 1.29 is 57.9 Å². The lowest BCUT2D eigenvalue weighted by atomic mass is 9.91. The number of aliphatic carboxylic acids is 2. The number of nitrogens with zero attached hydrogens (tertiary/aromatic N) is 3. The second-order valence-corrected chi connectivity index (χ2v) is 15.9. The molecule has 15 nitrogen and oxygen atoms in total. The van der Waals surface area contributed by atoms with Crippen molar-refractivity contribution in [3.63, 3.8) is 0 Å². The van der Waals surface area contributed by atoms with Crippen molar-refractivity contribution in [3.05, 3.63) is 0 Å². The molecule has 0 heterocycles. The molecule has 0 spiro atoms. The summed E-state index contributed by atoms with van der Waals surface area (Å²) in [7, 11) is 4.76. The first-order valence-electron chi connectivity index (χ1n) is 21.1. The maximum Gasteiger partial charge on any atom is 0.326 e. The van der Waals surface area contributed by atoms with Gasteiger partial charge in [0.1, 0.15) is 19.3 Å². The Morgan fingerprint density at radius 2 is 0.895 bits per heavy atom. The predicted octanol–water partition coefficient (Wildman–Crippen LogP) is 5.60. The molecule has 0 rings (SSSR count). The van der Waals surface area contributed by atoms with Gasteiger partial charge in [-0.25, -0.2) is 4.79 Å². The van der Waals surface area contributed by atoms with Gasteiger partial charge in [0.2, 0.25) is 17.7 Å². The molecule has 0 saturated carbocycles. The number of carbonyl (C=O) groups is 6. The van der Waals surface area contributed by atoms with E-state index in [0.717, 1.165) is 38.5 Å². The highest BCUT2D eigenvalue weighted by molar-refractivity contribution is 5.85. The van der Waals surface area contributed by atoms with Crippen LogP contribution in [0.4, 0.5) is 0 Å². The Hall–Kier alpha value is -3.14. The number of hydrogen-bond acceptors (Lipinski definition) is 10. The van der Waals surface area contributed by atoms with Crippen LogP contribution in [0.15, 0.2) is 0 Å². The molecule has 0 aromatic rings. The molecule has 15 heteroatoms. The second kappa shape index (κ2) is 33.8. The van der Waals surface area contributed by atoms with E-state index in [0.29, 0.717) is 39.3 Å². The van der Waals surface area contributed by atoms with Gasteiger partial charge in [-0.3, -0.25) is 24.0 Å². The number of hydrogen-bond donors (Lipinski definition) is 2. The molecular formula is C42H77N3O12. The van der Waals surface area contributed by atoms with Crippen LogP contribution in [-0.2, 0) is 47.7 Å². The van der Waals surface area contributed by atoms with Gasteiger partial charge in [0.05, 0.1) is 39.6 Å². The van der Waals surface area contributed by atoms with Crippen molar-refractivity contribution in [2.24, 2.45) is 5.41 Å². The van der Waals surface area contributed by atoms with Crippen molar-refractivity contribution in [1.29, 1.82) is 0 Å². The lowest BCUT2D eigenvalue weighted by Gasteiger charge is -2.26. The molecule has 1 unspecified atom stereocenters. The Morgan fingerprint density at radius 3 is 1.33 bits per heavy atom. The molecule has 0 aliphatic rings. The van der Waals surface area contributed by atoms with E-state index < -0.39 is 23.4 Å². The first kappa shape index (κ1) is 53.9. The Kier molecular flexibility index (Phi) is 31.9. The van der Waals surface area contributed by atoms with Crippen LogP contribution in [0.5, 0.6) is 0 Å². The number of carboxylic acid groups (broad SMARTS) is 2. The maximum absolute atomic E-state index is 12.7. The highest BCUT2D eigenvalue weighted by Gasteiger charge is 2.27. The Balaban J connectivity index is 3.96. The molecule has 332 valence electrons. The molecule has 0 saturated heterocycles.